The Morgan fingerprint density at radius 1 is 1.03 bits per heavy atom. The highest BCUT2D eigenvalue weighted by Gasteiger charge is 2.32. The molecule has 2 unspecified atom stereocenters. The Hall–Kier alpha value is -2.94. The van der Waals surface area contributed by atoms with Crippen molar-refractivity contribution in [3.63, 3.8) is 0 Å². The van der Waals surface area contributed by atoms with Crippen LogP contribution in [0, 0.1) is 20.2 Å². The lowest BCUT2D eigenvalue weighted by Gasteiger charge is -2.30. The van der Waals surface area contributed by atoms with Gasteiger partial charge in [-0.2, -0.15) is 16.9 Å². The first-order chi connectivity index (χ1) is 14.0. The van der Waals surface area contributed by atoms with Crippen molar-refractivity contribution in [2.45, 2.75) is 36.9 Å². The topological polar surface area (TPSA) is 111 Å². The Bertz CT molecular complexity index is 994. The van der Waals surface area contributed by atoms with E-state index in [2.05, 4.69) is 22.7 Å². The Balaban J connectivity index is 1.68. The van der Waals surface area contributed by atoms with Gasteiger partial charge in [-0.15, -0.1) is 0 Å². The molecule has 1 heterocycles. The molecule has 1 aliphatic heterocycles. The van der Waals surface area contributed by atoms with Crippen molar-refractivity contribution in [3.8, 4) is 0 Å². The molecular weight excluding hydrogens is 392 g/mol. The van der Waals surface area contributed by atoms with E-state index in [0.717, 1.165) is 17.3 Å². The fourth-order valence-corrected chi connectivity index (χ4v) is 5.54. The molecule has 2 aromatic carbocycles. The first kappa shape index (κ1) is 19.4. The molecule has 0 spiro atoms. The summed E-state index contributed by atoms with van der Waals surface area (Å²) in [6, 6.07) is 11.8. The Labute approximate surface area is 171 Å². The summed E-state index contributed by atoms with van der Waals surface area (Å²) < 4.78 is 0. The molecule has 0 aromatic heterocycles. The lowest BCUT2D eigenvalue weighted by molar-refractivity contribution is -0.393. The molecule has 150 valence electrons. The van der Waals surface area contributed by atoms with Crippen LogP contribution < -0.4 is 5.43 Å². The van der Waals surface area contributed by atoms with Crippen molar-refractivity contribution >= 4 is 34.5 Å². The first-order valence-electron chi connectivity index (χ1n) is 9.51. The van der Waals surface area contributed by atoms with Gasteiger partial charge in [-0.1, -0.05) is 37.1 Å². The smallest absolute Gasteiger partial charge is 0.271 e. The van der Waals surface area contributed by atoms with Gasteiger partial charge < -0.3 is 0 Å². The molecule has 1 N–H and O–H groups in total. The van der Waals surface area contributed by atoms with E-state index in [0.29, 0.717) is 16.9 Å². The third-order valence-electron chi connectivity index (χ3n) is 5.51. The normalized spacial score (nSPS) is 22.3. The number of hydrogen-bond acceptors (Lipinski definition) is 7. The fourth-order valence-electron chi connectivity index (χ4n) is 4.10. The van der Waals surface area contributed by atoms with Gasteiger partial charge in [0.05, 0.1) is 21.6 Å². The van der Waals surface area contributed by atoms with Crippen LogP contribution in [0.2, 0.25) is 0 Å². The van der Waals surface area contributed by atoms with Crippen LogP contribution >= 0.6 is 11.8 Å². The summed E-state index contributed by atoms with van der Waals surface area (Å²) in [6.45, 7) is 0. The van der Waals surface area contributed by atoms with Crippen LogP contribution in [0.5, 0.6) is 0 Å². The minimum atomic E-state index is -0.650. The fraction of sp³-hybridized carbons (Fsp3) is 0.350. The van der Waals surface area contributed by atoms with Gasteiger partial charge in [-0.3, -0.25) is 25.7 Å². The zero-order valence-corrected chi connectivity index (χ0v) is 16.4. The number of hydrogen-bond donors (Lipinski definition) is 1. The van der Waals surface area contributed by atoms with Gasteiger partial charge in [0, 0.05) is 22.6 Å². The highest BCUT2D eigenvalue weighted by atomic mass is 32.2. The number of nitro benzene ring substituents is 2. The van der Waals surface area contributed by atoms with Gasteiger partial charge in [0.2, 0.25) is 0 Å². The molecule has 2 aliphatic rings. The molecule has 8 nitrogen and oxygen atoms in total. The monoisotopic (exact) mass is 412 g/mol. The number of benzene rings is 2. The molecule has 29 heavy (non-hydrogen) atoms. The molecule has 0 saturated heterocycles. The molecule has 2 atom stereocenters. The number of rotatable bonds is 4. The maximum Gasteiger partial charge on any atom is 0.301 e. The van der Waals surface area contributed by atoms with Gasteiger partial charge in [0.25, 0.3) is 5.69 Å². The van der Waals surface area contributed by atoms with E-state index in [1.807, 2.05) is 23.9 Å². The number of fused-ring (bicyclic) bond motifs is 3. The van der Waals surface area contributed by atoms with Crippen LogP contribution in [-0.2, 0) is 0 Å². The predicted molar refractivity (Wildman–Crippen MR) is 114 cm³/mol. The molecule has 1 saturated carbocycles. The zero-order chi connectivity index (χ0) is 20.4. The van der Waals surface area contributed by atoms with E-state index in [-0.39, 0.29) is 17.1 Å². The van der Waals surface area contributed by atoms with Crippen molar-refractivity contribution in [1.29, 1.82) is 0 Å². The molecule has 1 aliphatic carbocycles. The Morgan fingerprint density at radius 3 is 2.62 bits per heavy atom. The van der Waals surface area contributed by atoms with E-state index in [9.17, 15) is 20.2 Å². The van der Waals surface area contributed by atoms with E-state index in [1.54, 1.807) is 0 Å². The second-order valence-electron chi connectivity index (χ2n) is 7.21. The van der Waals surface area contributed by atoms with Crippen LogP contribution in [0.1, 0.15) is 42.7 Å². The molecular formula is C20H20N4O4S. The lowest BCUT2D eigenvalue weighted by atomic mass is 9.81. The van der Waals surface area contributed by atoms with Gasteiger partial charge in [0.1, 0.15) is 5.69 Å². The number of non-ortho nitro benzene ring substituents is 1. The van der Waals surface area contributed by atoms with Crippen LogP contribution in [0.15, 0.2) is 47.6 Å². The average molecular weight is 412 g/mol. The van der Waals surface area contributed by atoms with E-state index >= 15 is 0 Å². The average Bonchev–Trinajstić information content (AvgIpc) is 2.89. The molecule has 9 heteroatoms. The molecule has 1 fully saturated rings. The maximum atomic E-state index is 11.4. The Morgan fingerprint density at radius 2 is 1.83 bits per heavy atom. The molecule has 0 amide bonds. The molecule has 2 aromatic rings. The van der Waals surface area contributed by atoms with E-state index in [4.69, 9.17) is 0 Å². The number of thioether (sulfide) groups is 1. The van der Waals surface area contributed by atoms with Crippen molar-refractivity contribution < 1.29 is 9.85 Å². The Kier molecular flexibility index (Phi) is 5.48. The third-order valence-corrected chi connectivity index (χ3v) is 6.94. The highest BCUT2D eigenvalue weighted by Crippen LogP contribution is 2.44. The van der Waals surface area contributed by atoms with E-state index < -0.39 is 9.85 Å². The largest absolute Gasteiger partial charge is 0.301 e. The van der Waals surface area contributed by atoms with Gasteiger partial charge in [-0.25, -0.2) is 0 Å². The number of nitrogens with one attached hydrogen (secondary N) is 1. The summed E-state index contributed by atoms with van der Waals surface area (Å²) in [4.78, 5) is 21.0. The standard InChI is InChI=1S/C20H20N4O4S/c25-23(26)13-9-10-17(19(11-13)24(27)28)21-22-18-12-29-20-8-4-3-7-16(20)14-5-1-2-6-15(14)18/h1-2,5-6,9-11,16,20-21H,3-4,7-8,12H2/b22-18+. The van der Waals surface area contributed by atoms with Crippen molar-refractivity contribution in [2.75, 3.05) is 11.2 Å². The minimum absolute atomic E-state index is 0.136. The van der Waals surface area contributed by atoms with Crippen LogP contribution in [0.3, 0.4) is 0 Å². The summed E-state index contributed by atoms with van der Waals surface area (Å²) in [7, 11) is 0. The third kappa shape index (κ3) is 3.95. The second kappa shape index (κ2) is 8.20. The highest BCUT2D eigenvalue weighted by molar-refractivity contribution is 8.00. The van der Waals surface area contributed by atoms with Gasteiger partial charge in [0.15, 0.2) is 0 Å². The van der Waals surface area contributed by atoms with Crippen LogP contribution in [-0.4, -0.2) is 26.6 Å². The molecule has 0 bridgehead atoms. The van der Waals surface area contributed by atoms with E-state index in [1.165, 1.54) is 43.4 Å². The number of nitrogens with zero attached hydrogens (tertiary/aromatic N) is 3. The molecule has 0 radical (unpaired) electrons. The lowest BCUT2D eigenvalue weighted by Crippen LogP contribution is -2.19. The zero-order valence-electron chi connectivity index (χ0n) is 15.6. The number of hydrazone groups is 1. The quantitative estimate of drug-likeness (QED) is 0.553. The SMILES string of the molecule is O=[N+]([O-])c1ccc(N/N=C2\CSC3CCCCC3c3ccccc32)c([N+](=O)[O-])c1. The predicted octanol–water partition coefficient (Wildman–Crippen LogP) is 5.09. The summed E-state index contributed by atoms with van der Waals surface area (Å²) >= 11 is 1.89. The summed E-state index contributed by atoms with van der Waals surface area (Å²) in [5.74, 6) is 1.22. The summed E-state index contributed by atoms with van der Waals surface area (Å²) in [5.41, 5.74) is 5.44. The van der Waals surface area contributed by atoms with Crippen LogP contribution in [0.4, 0.5) is 17.1 Å². The maximum absolute atomic E-state index is 11.4. The van der Waals surface area contributed by atoms with Crippen molar-refractivity contribution in [1.82, 2.24) is 0 Å². The number of nitro groups is 2. The second-order valence-corrected chi connectivity index (χ2v) is 8.44. The minimum Gasteiger partial charge on any atom is -0.271 e. The van der Waals surface area contributed by atoms with Crippen LogP contribution in [0.25, 0.3) is 0 Å². The van der Waals surface area contributed by atoms with Crippen molar-refractivity contribution in [2.24, 2.45) is 5.10 Å². The van der Waals surface area contributed by atoms with Gasteiger partial charge >= 0.3 is 5.69 Å². The first-order valence-corrected chi connectivity index (χ1v) is 10.6. The molecule has 4 rings (SSSR count). The summed E-state index contributed by atoms with van der Waals surface area (Å²) in [6.07, 6.45) is 4.84. The van der Waals surface area contributed by atoms with Gasteiger partial charge in [-0.05, 0) is 30.4 Å². The van der Waals surface area contributed by atoms with Crippen molar-refractivity contribution in [3.05, 3.63) is 73.8 Å². The summed E-state index contributed by atoms with van der Waals surface area (Å²) in [5, 5.41) is 27.3. The number of anilines is 1.